The van der Waals surface area contributed by atoms with Crippen LogP contribution in [0.3, 0.4) is 0 Å². The Morgan fingerprint density at radius 2 is 2.10 bits per heavy atom. The zero-order chi connectivity index (χ0) is 21.0. The Kier molecular flexibility index (Phi) is 5.56. The van der Waals surface area contributed by atoms with Crippen molar-refractivity contribution >= 4 is 11.6 Å². The standard InChI is InChI=1S/C18H13F3N4O4/c19-18(20,21)29-14-8-11(2-1-7-26)3-4-12(14)9-22-16(27)13-5-6-15-23-24-17(28)25(15)10-13/h3-6,8,10,26H,7,9H2,(H,22,27)(H,24,28). The lowest BCUT2D eigenvalue weighted by Gasteiger charge is -2.14. The van der Waals surface area contributed by atoms with Crippen molar-refractivity contribution in [1.82, 2.24) is 19.9 Å². The number of alkyl halides is 3. The first kappa shape index (κ1) is 20.0. The summed E-state index contributed by atoms with van der Waals surface area (Å²) in [6.45, 7) is -0.715. The van der Waals surface area contributed by atoms with E-state index in [0.717, 1.165) is 10.5 Å². The largest absolute Gasteiger partial charge is 0.573 e. The fourth-order valence-corrected chi connectivity index (χ4v) is 2.46. The van der Waals surface area contributed by atoms with Gasteiger partial charge in [0.1, 0.15) is 12.4 Å². The molecule has 0 atom stereocenters. The van der Waals surface area contributed by atoms with E-state index in [1.54, 1.807) is 0 Å². The van der Waals surface area contributed by atoms with Crippen molar-refractivity contribution in [2.24, 2.45) is 0 Å². The molecule has 0 spiro atoms. The molecule has 0 aliphatic heterocycles. The van der Waals surface area contributed by atoms with E-state index >= 15 is 0 Å². The van der Waals surface area contributed by atoms with Gasteiger partial charge in [-0.1, -0.05) is 17.9 Å². The van der Waals surface area contributed by atoms with Gasteiger partial charge in [0, 0.05) is 23.9 Å². The fraction of sp³-hybridized carbons (Fsp3) is 0.167. The number of amides is 1. The van der Waals surface area contributed by atoms with E-state index in [9.17, 15) is 22.8 Å². The zero-order valence-electron chi connectivity index (χ0n) is 14.6. The Labute approximate surface area is 160 Å². The summed E-state index contributed by atoms with van der Waals surface area (Å²) in [5, 5.41) is 17.1. The number of nitrogens with zero attached hydrogens (tertiary/aromatic N) is 2. The van der Waals surface area contributed by atoms with Gasteiger partial charge in [-0.3, -0.25) is 4.79 Å². The van der Waals surface area contributed by atoms with Crippen LogP contribution in [0.25, 0.3) is 5.65 Å². The number of aliphatic hydroxyl groups excluding tert-OH is 1. The van der Waals surface area contributed by atoms with E-state index in [2.05, 4.69) is 32.1 Å². The molecule has 11 heteroatoms. The molecule has 0 fully saturated rings. The summed E-state index contributed by atoms with van der Waals surface area (Å²) < 4.78 is 43.2. The molecule has 0 unspecified atom stereocenters. The Balaban J connectivity index is 1.81. The minimum Gasteiger partial charge on any atom is -0.405 e. The highest BCUT2D eigenvalue weighted by Gasteiger charge is 2.32. The molecule has 3 aromatic rings. The number of hydrogen-bond acceptors (Lipinski definition) is 5. The van der Waals surface area contributed by atoms with Crippen LogP contribution in [-0.4, -0.2) is 38.6 Å². The van der Waals surface area contributed by atoms with Crippen LogP contribution >= 0.6 is 0 Å². The third kappa shape index (κ3) is 4.94. The number of benzene rings is 1. The van der Waals surface area contributed by atoms with Crippen LogP contribution in [0.5, 0.6) is 5.75 Å². The van der Waals surface area contributed by atoms with Crippen molar-refractivity contribution < 1.29 is 27.8 Å². The van der Waals surface area contributed by atoms with Gasteiger partial charge in [-0.05, 0) is 24.3 Å². The number of aromatic amines is 1. The highest BCUT2D eigenvalue weighted by atomic mass is 19.4. The third-order valence-corrected chi connectivity index (χ3v) is 3.72. The second-order valence-corrected chi connectivity index (χ2v) is 5.69. The predicted molar refractivity (Wildman–Crippen MR) is 94.1 cm³/mol. The van der Waals surface area contributed by atoms with E-state index < -0.39 is 30.3 Å². The lowest BCUT2D eigenvalue weighted by atomic mass is 10.1. The van der Waals surface area contributed by atoms with E-state index in [1.807, 2.05) is 0 Å². The number of hydrogen-bond donors (Lipinski definition) is 3. The van der Waals surface area contributed by atoms with E-state index in [0.29, 0.717) is 5.65 Å². The molecule has 3 N–H and O–H groups in total. The molecule has 0 bridgehead atoms. The van der Waals surface area contributed by atoms with Gasteiger partial charge in [0.05, 0.1) is 5.56 Å². The van der Waals surface area contributed by atoms with Crippen LogP contribution in [0.2, 0.25) is 0 Å². The zero-order valence-corrected chi connectivity index (χ0v) is 14.6. The SMILES string of the molecule is O=C(NCc1ccc(C#CCO)cc1OC(F)(F)F)c1ccc2n[nH]c(=O)n2c1. The van der Waals surface area contributed by atoms with Gasteiger partial charge in [0.25, 0.3) is 5.91 Å². The highest BCUT2D eigenvalue weighted by Crippen LogP contribution is 2.27. The van der Waals surface area contributed by atoms with Crippen molar-refractivity contribution in [3.05, 3.63) is 63.7 Å². The van der Waals surface area contributed by atoms with Crippen LogP contribution in [0.4, 0.5) is 13.2 Å². The van der Waals surface area contributed by atoms with E-state index in [-0.39, 0.29) is 23.2 Å². The number of H-pyrrole nitrogens is 1. The maximum Gasteiger partial charge on any atom is 0.573 e. The second-order valence-electron chi connectivity index (χ2n) is 5.69. The molecule has 0 aliphatic carbocycles. The maximum absolute atomic E-state index is 12.7. The smallest absolute Gasteiger partial charge is 0.405 e. The normalized spacial score (nSPS) is 11.0. The summed E-state index contributed by atoms with van der Waals surface area (Å²) in [5.74, 6) is 3.68. The summed E-state index contributed by atoms with van der Waals surface area (Å²) >= 11 is 0. The van der Waals surface area contributed by atoms with Gasteiger partial charge >= 0.3 is 12.1 Å². The molecular weight excluding hydrogens is 393 g/mol. The topological polar surface area (TPSA) is 109 Å². The summed E-state index contributed by atoms with van der Waals surface area (Å²) in [6, 6.07) is 6.69. The fourth-order valence-electron chi connectivity index (χ4n) is 2.46. The molecule has 8 nitrogen and oxygen atoms in total. The molecule has 0 saturated carbocycles. The van der Waals surface area contributed by atoms with E-state index in [1.165, 1.54) is 30.5 Å². The molecule has 0 radical (unpaired) electrons. The number of aromatic nitrogens is 3. The lowest BCUT2D eigenvalue weighted by molar-refractivity contribution is -0.274. The molecule has 0 saturated heterocycles. The van der Waals surface area contributed by atoms with Crippen LogP contribution in [0.15, 0.2) is 41.3 Å². The summed E-state index contributed by atoms with van der Waals surface area (Å²) in [5.41, 5.74) is 0.164. The van der Waals surface area contributed by atoms with Gasteiger partial charge in [0.2, 0.25) is 0 Å². The molecule has 29 heavy (non-hydrogen) atoms. The van der Waals surface area contributed by atoms with Crippen molar-refractivity contribution in [2.45, 2.75) is 12.9 Å². The monoisotopic (exact) mass is 406 g/mol. The third-order valence-electron chi connectivity index (χ3n) is 3.72. The molecule has 0 aliphatic rings. The maximum atomic E-state index is 12.7. The van der Waals surface area contributed by atoms with Crippen LogP contribution in [-0.2, 0) is 6.54 Å². The van der Waals surface area contributed by atoms with Crippen LogP contribution in [0, 0.1) is 11.8 Å². The minimum atomic E-state index is -4.94. The Bertz CT molecular complexity index is 1170. The van der Waals surface area contributed by atoms with Gasteiger partial charge < -0.3 is 15.2 Å². The van der Waals surface area contributed by atoms with Crippen molar-refractivity contribution in [3.63, 3.8) is 0 Å². The average Bonchev–Trinajstić information content (AvgIpc) is 3.04. The predicted octanol–water partition coefficient (Wildman–Crippen LogP) is 1.20. The molecule has 3 rings (SSSR count). The first-order valence-electron chi connectivity index (χ1n) is 8.10. The quantitative estimate of drug-likeness (QED) is 0.564. The number of rotatable bonds is 4. The molecule has 1 aromatic carbocycles. The number of pyridine rings is 1. The van der Waals surface area contributed by atoms with Gasteiger partial charge in [-0.2, -0.15) is 5.10 Å². The van der Waals surface area contributed by atoms with Crippen molar-refractivity contribution in [1.29, 1.82) is 0 Å². The number of nitrogens with one attached hydrogen (secondary N) is 2. The van der Waals surface area contributed by atoms with Gasteiger partial charge in [-0.15, -0.1) is 13.2 Å². The minimum absolute atomic E-state index is 0.0618. The number of carbonyl (C=O) groups excluding carboxylic acids is 1. The molecule has 2 aromatic heterocycles. The first-order chi connectivity index (χ1) is 13.8. The second kappa shape index (κ2) is 8.07. The molecule has 1 amide bonds. The van der Waals surface area contributed by atoms with Gasteiger partial charge in [0.15, 0.2) is 5.65 Å². The van der Waals surface area contributed by atoms with Crippen LogP contribution < -0.4 is 15.7 Å². The van der Waals surface area contributed by atoms with Gasteiger partial charge in [-0.25, -0.2) is 14.3 Å². The van der Waals surface area contributed by atoms with Crippen LogP contribution in [0.1, 0.15) is 21.5 Å². The first-order valence-corrected chi connectivity index (χ1v) is 8.10. The number of aliphatic hydroxyl groups is 1. The average molecular weight is 406 g/mol. The number of fused-ring (bicyclic) bond motifs is 1. The molecule has 150 valence electrons. The number of halogens is 3. The lowest BCUT2D eigenvalue weighted by Crippen LogP contribution is -2.25. The summed E-state index contributed by atoms with van der Waals surface area (Å²) in [7, 11) is 0. The number of carbonyl (C=O) groups is 1. The Hall–Kier alpha value is -3.78. The molecule has 2 heterocycles. The van der Waals surface area contributed by atoms with Crippen molar-refractivity contribution in [2.75, 3.05) is 6.61 Å². The Morgan fingerprint density at radius 3 is 2.83 bits per heavy atom. The summed E-state index contributed by atoms with van der Waals surface area (Å²) in [4.78, 5) is 23.9. The molecular formula is C18H13F3N4O4. The Morgan fingerprint density at radius 1 is 1.31 bits per heavy atom. The summed E-state index contributed by atoms with van der Waals surface area (Å²) in [6.07, 6.45) is -3.67. The van der Waals surface area contributed by atoms with Crippen molar-refractivity contribution in [3.8, 4) is 17.6 Å². The highest BCUT2D eigenvalue weighted by molar-refractivity contribution is 5.94. The number of ether oxygens (including phenoxy) is 1. The van der Waals surface area contributed by atoms with E-state index in [4.69, 9.17) is 5.11 Å².